The molecule has 1 aromatic heterocycles. The number of aromatic nitrogens is 1. The van der Waals surface area contributed by atoms with Crippen LogP contribution < -0.4 is 10.2 Å². The maximum atomic E-state index is 12.2. The largest absolute Gasteiger partial charge is 0.378 e. The number of carbonyl (C=O) groups excluding carboxylic acids is 1. The number of ether oxygens (including phenoxy) is 1. The molecule has 112 valence electrons. The Morgan fingerprint density at radius 3 is 2.81 bits per heavy atom. The minimum Gasteiger partial charge on any atom is -0.378 e. The van der Waals surface area contributed by atoms with Crippen molar-refractivity contribution in [2.75, 3.05) is 36.5 Å². The van der Waals surface area contributed by atoms with Crippen molar-refractivity contribution in [2.24, 2.45) is 5.92 Å². The van der Waals surface area contributed by atoms with E-state index in [0.717, 1.165) is 57.1 Å². The van der Waals surface area contributed by atoms with Crippen LogP contribution in [0.3, 0.4) is 0 Å². The number of nitrogens with zero attached hydrogens (tertiary/aromatic N) is 2. The van der Waals surface area contributed by atoms with E-state index in [9.17, 15) is 4.79 Å². The fraction of sp³-hybridized carbons (Fsp3) is 0.500. The van der Waals surface area contributed by atoms with Gasteiger partial charge in [-0.25, -0.2) is 4.98 Å². The van der Waals surface area contributed by atoms with Crippen LogP contribution in [0.25, 0.3) is 0 Å². The number of anilines is 2. The Hall–Kier alpha value is -1.88. The van der Waals surface area contributed by atoms with E-state index in [-0.39, 0.29) is 11.8 Å². The average Bonchev–Trinajstić information content (AvgIpc) is 2.57. The van der Waals surface area contributed by atoms with Crippen molar-refractivity contribution in [1.82, 2.24) is 4.98 Å². The molecule has 0 aromatic carbocycles. The van der Waals surface area contributed by atoms with Gasteiger partial charge in [0.2, 0.25) is 5.91 Å². The zero-order valence-electron chi connectivity index (χ0n) is 12.1. The van der Waals surface area contributed by atoms with Gasteiger partial charge in [0.05, 0.1) is 25.1 Å². The minimum atomic E-state index is 0.0916. The number of allylic oxidation sites excluding steroid dienone is 2. The first-order valence-corrected chi connectivity index (χ1v) is 7.57. The van der Waals surface area contributed by atoms with Gasteiger partial charge in [-0.05, 0) is 31.4 Å². The van der Waals surface area contributed by atoms with Gasteiger partial charge in [0.25, 0.3) is 0 Å². The molecule has 1 atom stereocenters. The first-order chi connectivity index (χ1) is 10.3. The molecule has 0 spiro atoms. The summed E-state index contributed by atoms with van der Waals surface area (Å²) in [6.45, 7) is 3.23. The van der Waals surface area contributed by atoms with E-state index < -0.39 is 0 Å². The van der Waals surface area contributed by atoms with Crippen molar-refractivity contribution < 1.29 is 9.53 Å². The van der Waals surface area contributed by atoms with Gasteiger partial charge in [-0.2, -0.15) is 0 Å². The zero-order chi connectivity index (χ0) is 14.5. The van der Waals surface area contributed by atoms with Gasteiger partial charge in [-0.3, -0.25) is 4.79 Å². The van der Waals surface area contributed by atoms with Crippen molar-refractivity contribution in [3.05, 3.63) is 30.5 Å². The number of hydrogen-bond acceptors (Lipinski definition) is 4. The lowest BCUT2D eigenvalue weighted by Gasteiger charge is -2.27. The molecule has 5 nitrogen and oxygen atoms in total. The van der Waals surface area contributed by atoms with E-state index in [2.05, 4.69) is 27.4 Å². The Morgan fingerprint density at radius 1 is 1.29 bits per heavy atom. The predicted molar refractivity (Wildman–Crippen MR) is 82.4 cm³/mol. The Labute approximate surface area is 125 Å². The molecule has 1 amide bonds. The highest BCUT2D eigenvalue weighted by molar-refractivity contribution is 5.92. The van der Waals surface area contributed by atoms with Crippen LogP contribution >= 0.6 is 0 Å². The summed E-state index contributed by atoms with van der Waals surface area (Å²) in [5.41, 5.74) is 0.770. The van der Waals surface area contributed by atoms with Gasteiger partial charge in [0, 0.05) is 19.0 Å². The smallest absolute Gasteiger partial charge is 0.227 e. The van der Waals surface area contributed by atoms with Crippen LogP contribution in [0.15, 0.2) is 30.5 Å². The van der Waals surface area contributed by atoms with Crippen LogP contribution in [0.1, 0.15) is 19.3 Å². The monoisotopic (exact) mass is 287 g/mol. The highest BCUT2D eigenvalue weighted by atomic mass is 16.5. The summed E-state index contributed by atoms with van der Waals surface area (Å²) in [7, 11) is 0. The van der Waals surface area contributed by atoms with Crippen LogP contribution in [0.4, 0.5) is 11.5 Å². The molecule has 0 unspecified atom stereocenters. The van der Waals surface area contributed by atoms with E-state index in [1.54, 1.807) is 6.20 Å². The number of amides is 1. The molecule has 1 aliphatic heterocycles. The third kappa shape index (κ3) is 3.61. The normalized spacial score (nSPS) is 22.1. The number of hydrogen-bond donors (Lipinski definition) is 1. The first kappa shape index (κ1) is 14.1. The predicted octanol–water partition coefficient (Wildman–Crippen LogP) is 2.21. The summed E-state index contributed by atoms with van der Waals surface area (Å²) in [5, 5.41) is 2.96. The van der Waals surface area contributed by atoms with Crippen LogP contribution in [0, 0.1) is 5.92 Å². The molecule has 0 bridgehead atoms. The molecule has 1 aliphatic carbocycles. The van der Waals surface area contributed by atoms with Crippen molar-refractivity contribution in [3.63, 3.8) is 0 Å². The second-order valence-corrected chi connectivity index (χ2v) is 5.48. The maximum Gasteiger partial charge on any atom is 0.227 e. The molecule has 3 rings (SSSR count). The summed E-state index contributed by atoms with van der Waals surface area (Å²) < 4.78 is 5.33. The number of pyridine rings is 1. The minimum absolute atomic E-state index is 0.0916. The van der Waals surface area contributed by atoms with Gasteiger partial charge < -0.3 is 15.0 Å². The van der Waals surface area contributed by atoms with Crippen molar-refractivity contribution in [3.8, 4) is 0 Å². The molecular weight excluding hydrogens is 266 g/mol. The van der Waals surface area contributed by atoms with E-state index in [0.29, 0.717) is 0 Å². The summed E-state index contributed by atoms with van der Waals surface area (Å²) >= 11 is 0. The topological polar surface area (TPSA) is 54.5 Å². The lowest BCUT2D eigenvalue weighted by molar-refractivity contribution is -0.120. The molecule has 1 saturated heterocycles. The zero-order valence-corrected chi connectivity index (χ0v) is 12.1. The fourth-order valence-corrected chi connectivity index (χ4v) is 2.72. The molecule has 0 saturated carbocycles. The highest BCUT2D eigenvalue weighted by Crippen LogP contribution is 2.21. The van der Waals surface area contributed by atoms with Crippen molar-refractivity contribution in [1.29, 1.82) is 0 Å². The van der Waals surface area contributed by atoms with Gasteiger partial charge in [0.1, 0.15) is 5.82 Å². The third-order valence-electron chi connectivity index (χ3n) is 3.99. The lowest BCUT2D eigenvalue weighted by atomic mass is 9.93. The molecule has 21 heavy (non-hydrogen) atoms. The molecule has 5 heteroatoms. The van der Waals surface area contributed by atoms with Crippen LogP contribution in [-0.4, -0.2) is 37.2 Å². The third-order valence-corrected chi connectivity index (χ3v) is 3.99. The Balaban J connectivity index is 1.58. The number of morpholine rings is 1. The molecule has 1 N–H and O–H groups in total. The van der Waals surface area contributed by atoms with Gasteiger partial charge >= 0.3 is 0 Å². The maximum absolute atomic E-state index is 12.2. The fourth-order valence-electron chi connectivity index (χ4n) is 2.72. The number of carbonyl (C=O) groups is 1. The van der Waals surface area contributed by atoms with Crippen LogP contribution in [0.5, 0.6) is 0 Å². The molecule has 0 radical (unpaired) electrons. The number of rotatable bonds is 3. The Kier molecular flexibility index (Phi) is 4.50. The summed E-state index contributed by atoms with van der Waals surface area (Å²) in [6, 6.07) is 3.88. The molecule has 2 aliphatic rings. The van der Waals surface area contributed by atoms with Gasteiger partial charge in [0.15, 0.2) is 0 Å². The van der Waals surface area contributed by atoms with Crippen LogP contribution in [-0.2, 0) is 9.53 Å². The molecule has 1 fully saturated rings. The molecular formula is C16H21N3O2. The van der Waals surface area contributed by atoms with E-state index in [1.807, 2.05) is 12.1 Å². The van der Waals surface area contributed by atoms with E-state index in [4.69, 9.17) is 4.74 Å². The second kappa shape index (κ2) is 6.72. The molecule has 2 heterocycles. The van der Waals surface area contributed by atoms with E-state index >= 15 is 0 Å². The second-order valence-electron chi connectivity index (χ2n) is 5.48. The van der Waals surface area contributed by atoms with Gasteiger partial charge in [-0.1, -0.05) is 12.2 Å². The molecule has 1 aromatic rings. The standard InChI is InChI=1S/C16H21N3O2/c20-16(13-4-2-1-3-5-13)18-14-6-7-15(17-12-14)19-8-10-21-11-9-19/h1-2,6-7,12-13H,3-5,8-11H2,(H,18,20)/t13-/m1/s1. The van der Waals surface area contributed by atoms with Crippen molar-refractivity contribution in [2.45, 2.75) is 19.3 Å². The Bertz CT molecular complexity index is 507. The summed E-state index contributed by atoms with van der Waals surface area (Å²) in [6.07, 6.45) is 8.73. The van der Waals surface area contributed by atoms with Crippen LogP contribution in [0.2, 0.25) is 0 Å². The van der Waals surface area contributed by atoms with E-state index in [1.165, 1.54) is 0 Å². The summed E-state index contributed by atoms with van der Waals surface area (Å²) in [4.78, 5) is 18.8. The summed E-state index contributed by atoms with van der Waals surface area (Å²) in [5.74, 6) is 1.13. The van der Waals surface area contributed by atoms with Gasteiger partial charge in [-0.15, -0.1) is 0 Å². The number of nitrogens with one attached hydrogen (secondary N) is 1. The quantitative estimate of drug-likeness (QED) is 0.866. The Morgan fingerprint density at radius 2 is 2.14 bits per heavy atom. The lowest BCUT2D eigenvalue weighted by Crippen LogP contribution is -2.36. The highest BCUT2D eigenvalue weighted by Gasteiger charge is 2.19. The van der Waals surface area contributed by atoms with Crippen molar-refractivity contribution >= 4 is 17.4 Å². The SMILES string of the molecule is O=C(Nc1ccc(N2CCOCC2)nc1)[C@@H]1CC=CCC1. The first-order valence-electron chi connectivity index (χ1n) is 7.57. The average molecular weight is 287 g/mol.